The summed E-state index contributed by atoms with van der Waals surface area (Å²) >= 11 is 2.03. The van der Waals surface area contributed by atoms with E-state index < -0.39 is 0 Å². The zero-order chi connectivity index (χ0) is 10.5. The zero-order valence-corrected chi connectivity index (χ0v) is 9.59. The van der Waals surface area contributed by atoms with E-state index in [1.807, 2.05) is 23.9 Å². The number of hydrogen-bond donors (Lipinski definition) is 2. The molecule has 0 saturated carbocycles. The summed E-state index contributed by atoms with van der Waals surface area (Å²) in [5, 5.41) is 12.5. The number of rotatable bonds is 4. The molecule has 1 unspecified atom stereocenters. The fourth-order valence-corrected chi connectivity index (χ4v) is 2.91. The van der Waals surface area contributed by atoms with E-state index in [2.05, 4.69) is 17.4 Å². The van der Waals surface area contributed by atoms with Crippen molar-refractivity contribution in [3.05, 3.63) is 35.4 Å². The Labute approximate surface area is 95.1 Å². The molecule has 2 rings (SSSR count). The van der Waals surface area contributed by atoms with E-state index in [4.69, 9.17) is 5.11 Å². The van der Waals surface area contributed by atoms with Crippen molar-refractivity contribution >= 4 is 11.8 Å². The number of aliphatic hydroxyl groups is 1. The minimum Gasteiger partial charge on any atom is -0.392 e. The van der Waals surface area contributed by atoms with Gasteiger partial charge in [-0.3, -0.25) is 0 Å². The molecule has 1 atom stereocenters. The van der Waals surface area contributed by atoms with Crippen LogP contribution in [0.4, 0.5) is 0 Å². The highest BCUT2D eigenvalue weighted by atomic mass is 32.2. The van der Waals surface area contributed by atoms with Gasteiger partial charge in [0, 0.05) is 18.3 Å². The first kappa shape index (κ1) is 11.0. The maximum Gasteiger partial charge on any atom is 0.0681 e. The molecule has 0 radical (unpaired) electrons. The summed E-state index contributed by atoms with van der Waals surface area (Å²) in [7, 11) is 0. The average molecular weight is 223 g/mol. The summed E-state index contributed by atoms with van der Waals surface area (Å²) in [5.41, 5.74) is 2.28. The fraction of sp³-hybridized carbons (Fsp3) is 0.500. The van der Waals surface area contributed by atoms with Crippen LogP contribution in [-0.2, 0) is 13.2 Å². The molecule has 1 aromatic rings. The lowest BCUT2D eigenvalue weighted by Gasteiger charge is -2.11. The van der Waals surface area contributed by atoms with Gasteiger partial charge in [-0.05, 0) is 23.3 Å². The molecule has 1 saturated heterocycles. The summed E-state index contributed by atoms with van der Waals surface area (Å²) < 4.78 is 0. The van der Waals surface area contributed by atoms with Gasteiger partial charge in [-0.25, -0.2) is 0 Å². The normalized spacial score (nSPS) is 20.7. The molecule has 2 N–H and O–H groups in total. The van der Waals surface area contributed by atoms with Crippen LogP contribution >= 0.6 is 11.8 Å². The van der Waals surface area contributed by atoms with E-state index in [0.29, 0.717) is 6.04 Å². The van der Waals surface area contributed by atoms with Crippen LogP contribution in [0.3, 0.4) is 0 Å². The first-order valence-electron chi connectivity index (χ1n) is 5.38. The third-order valence-corrected chi connectivity index (χ3v) is 3.89. The number of hydrogen-bond acceptors (Lipinski definition) is 3. The minimum atomic E-state index is 0.132. The molecule has 3 heteroatoms. The molecular formula is C12H17NOS. The van der Waals surface area contributed by atoms with Crippen LogP contribution in [0, 0.1) is 0 Å². The van der Waals surface area contributed by atoms with Crippen LogP contribution < -0.4 is 5.32 Å². The van der Waals surface area contributed by atoms with E-state index in [-0.39, 0.29) is 6.61 Å². The Hall–Kier alpha value is -0.510. The van der Waals surface area contributed by atoms with Crippen LogP contribution in [0.5, 0.6) is 0 Å². The molecule has 2 nitrogen and oxygen atoms in total. The van der Waals surface area contributed by atoms with Gasteiger partial charge in [0.15, 0.2) is 0 Å². The summed E-state index contributed by atoms with van der Waals surface area (Å²) in [6.07, 6.45) is 1.29. The molecule has 1 aliphatic heterocycles. The van der Waals surface area contributed by atoms with Gasteiger partial charge in [0.1, 0.15) is 0 Å². The highest BCUT2D eigenvalue weighted by molar-refractivity contribution is 7.99. The van der Waals surface area contributed by atoms with Gasteiger partial charge < -0.3 is 10.4 Å². The predicted octanol–water partition coefficient (Wildman–Crippen LogP) is 1.77. The molecule has 15 heavy (non-hydrogen) atoms. The topological polar surface area (TPSA) is 32.3 Å². The highest BCUT2D eigenvalue weighted by Crippen LogP contribution is 2.17. The van der Waals surface area contributed by atoms with Crippen molar-refractivity contribution in [3.8, 4) is 0 Å². The monoisotopic (exact) mass is 223 g/mol. The second-order valence-electron chi connectivity index (χ2n) is 3.92. The van der Waals surface area contributed by atoms with Gasteiger partial charge in [0.25, 0.3) is 0 Å². The lowest BCUT2D eigenvalue weighted by atomic mass is 10.1. The standard InChI is InChI=1S/C12H17NOS/c14-8-11-3-1-10(2-4-11)7-13-12-5-6-15-9-12/h1-4,12-14H,5-9H2. The van der Waals surface area contributed by atoms with Gasteiger partial charge in [-0.15, -0.1) is 0 Å². The summed E-state index contributed by atoms with van der Waals surface area (Å²) in [6.45, 7) is 1.07. The Morgan fingerprint density at radius 2 is 2.00 bits per heavy atom. The van der Waals surface area contributed by atoms with Gasteiger partial charge in [0.2, 0.25) is 0 Å². The van der Waals surface area contributed by atoms with Crippen molar-refractivity contribution in [3.63, 3.8) is 0 Å². The smallest absolute Gasteiger partial charge is 0.0681 e. The fourth-order valence-electron chi connectivity index (χ4n) is 1.72. The number of aliphatic hydroxyl groups excluding tert-OH is 1. The van der Waals surface area contributed by atoms with E-state index >= 15 is 0 Å². The molecule has 1 fully saturated rings. The maximum absolute atomic E-state index is 8.91. The van der Waals surface area contributed by atoms with Crippen molar-refractivity contribution in [2.45, 2.75) is 25.6 Å². The Balaban J connectivity index is 1.82. The van der Waals surface area contributed by atoms with Crippen molar-refractivity contribution < 1.29 is 5.11 Å². The van der Waals surface area contributed by atoms with Crippen LogP contribution in [-0.4, -0.2) is 22.7 Å². The molecular weight excluding hydrogens is 206 g/mol. The van der Waals surface area contributed by atoms with E-state index in [1.165, 1.54) is 23.5 Å². The van der Waals surface area contributed by atoms with Crippen LogP contribution in [0.15, 0.2) is 24.3 Å². The van der Waals surface area contributed by atoms with Crippen molar-refractivity contribution in [2.75, 3.05) is 11.5 Å². The molecule has 82 valence electrons. The quantitative estimate of drug-likeness (QED) is 0.816. The van der Waals surface area contributed by atoms with Crippen LogP contribution in [0.25, 0.3) is 0 Å². The van der Waals surface area contributed by atoms with E-state index in [9.17, 15) is 0 Å². The van der Waals surface area contributed by atoms with E-state index in [0.717, 1.165) is 12.1 Å². The van der Waals surface area contributed by atoms with Gasteiger partial charge >= 0.3 is 0 Å². The van der Waals surface area contributed by atoms with Gasteiger partial charge in [0.05, 0.1) is 6.61 Å². The third-order valence-electron chi connectivity index (χ3n) is 2.73. The van der Waals surface area contributed by atoms with Gasteiger partial charge in [-0.1, -0.05) is 24.3 Å². The van der Waals surface area contributed by atoms with Crippen molar-refractivity contribution in [1.82, 2.24) is 5.32 Å². The Kier molecular flexibility index (Phi) is 4.06. The highest BCUT2D eigenvalue weighted by Gasteiger charge is 2.13. The number of nitrogens with one attached hydrogen (secondary N) is 1. The largest absolute Gasteiger partial charge is 0.392 e. The molecule has 1 heterocycles. The number of benzene rings is 1. The summed E-state index contributed by atoms with van der Waals surface area (Å²) in [6, 6.07) is 8.83. The molecule has 0 aliphatic carbocycles. The number of thioether (sulfide) groups is 1. The first-order valence-corrected chi connectivity index (χ1v) is 6.54. The molecule has 0 amide bonds. The minimum absolute atomic E-state index is 0.132. The third kappa shape index (κ3) is 3.23. The summed E-state index contributed by atoms with van der Waals surface area (Å²) in [4.78, 5) is 0. The van der Waals surface area contributed by atoms with Crippen molar-refractivity contribution in [1.29, 1.82) is 0 Å². The first-order chi connectivity index (χ1) is 7.38. The lowest BCUT2D eigenvalue weighted by Crippen LogP contribution is -2.27. The second kappa shape index (κ2) is 5.54. The second-order valence-corrected chi connectivity index (χ2v) is 5.07. The SMILES string of the molecule is OCc1ccc(CNC2CCSC2)cc1. The van der Waals surface area contributed by atoms with Gasteiger partial charge in [-0.2, -0.15) is 11.8 Å². The Bertz CT molecular complexity index is 293. The lowest BCUT2D eigenvalue weighted by molar-refractivity contribution is 0.282. The molecule has 0 spiro atoms. The average Bonchev–Trinajstić information content (AvgIpc) is 2.80. The van der Waals surface area contributed by atoms with Crippen LogP contribution in [0.1, 0.15) is 17.5 Å². The Morgan fingerprint density at radius 3 is 2.60 bits per heavy atom. The summed E-state index contributed by atoms with van der Waals surface area (Å²) in [5.74, 6) is 2.54. The Morgan fingerprint density at radius 1 is 1.27 bits per heavy atom. The maximum atomic E-state index is 8.91. The molecule has 1 aromatic carbocycles. The predicted molar refractivity (Wildman–Crippen MR) is 64.9 cm³/mol. The van der Waals surface area contributed by atoms with Crippen molar-refractivity contribution in [2.24, 2.45) is 0 Å². The van der Waals surface area contributed by atoms with Crippen LogP contribution in [0.2, 0.25) is 0 Å². The zero-order valence-electron chi connectivity index (χ0n) is 8.78. The van der Waals surface area contributed by atoms with E-state index in [1.54, 1.807) is 0 Å². The molecule has 0 bridgehead atoms. The molecule has 0 aromatic heterocycles. The molecule has 1 aliphatic rings.